The van der Waals surface area contributed by atoms with Gasteiger partial charge in [-0.1, -0.05) is 0 Å². The Morgan fingerprint density at radius 2 is 2.00 bits per heavy atom. The molecule has 66 valence electrons. The van der Waals surface area contributed by atoms with Gasteiger partial charge in [0.2, 0.25) is 0 Å². The van der Waals surface area contributed by atoms with Gasteiger partial charge in [0, 0.05) is 5.92 Å². The van der Waals surface area contributed by atoms with Crippen molar-refractivity contribution >= 4 is 5.97 Å². The molecule has 0 heterocycles. The highest BCUT2D eigenvalue weighted by atomic mass is 16.5. The van der Waals surface area contributed by atoms with Crippen LogP contribution in [0.15, 0.2) is 0 Å². The van der Waals surface area contributed by atoms with Crippen LogP contribution in [0.2, 0.25) is 0 Å². The zero-order valence-corrected chi connectivity index (χ0v) is 7.38. The molecule has 2 heteroatoms. The lowest BCUT2D eigenvalue weighted by atomic mass is 9.82. The summed E-state index contributed by atoms with van der Waals surface area (Å²) in [7, 11) is 1.44. The molecule has 2 nitrogen and oxygen atoms in total. The van der Waals surface area contributed by atoms with Gasteiger partial charge >= 0.3 is 5.97 Å². The number of hydrogen-bond acceptors (Lipinski definition) is 2. The summed E-state index contributed by atoms with van der Waals surface area (Å²) >= 11 is 0. The number of methoxy groups -OCH3 is 1. The van der Waals surface area contributed by atoms with Crippen LogP contribution in [0.25, 0.3) is 0 Å². The first-order valence-electron chi connectivity index (χ1n) is 4.32. The average molecular weight is 166 g/mol. The standard InChI is InChI=1S/C10H14O2/c1-3-8-4-6-9(7-5-8)10(11)12-2/h1,8-9H,4-7H2,2H3/t8-,9-. The van der Waals surface area contributed by atoms with Crippen LogP contribution in [-0.2, 0) is 9.53 Å². The molecule has 0 aromatic heterocycles. The van der Waals surface area contributed by atoms with Crippen molar-refractivity contribution in [2.24, 2.45) is 11.8 Å². The van der Waals surface area contributed by atoms with E-state index in [2.05, 4.69) is 10.7 Å². The molecule has 0 saturated heterocycles. The summed E-state index contributed by atoms with van der Waals surface area (Å²) < 4.78 is 4.67. The topological polar surface area (TPSA) is 26.3 Å². The molecule has 0 N–H and O–H groups in total. The van der Waals surface area contributed by atoms with Crippen LogP contribution in [0, 0.1) is 24.2 Å². The molecule has 1 fully saturated rings. The minimum Gasteiger partial charge on any atom is -0.469 e. The van der Waals surface area contributed by atoms with Crippen LogP contribution >= 0.6 is 0 Å². The number of ether oxygens (including phenoxy) is 1. The Kier molecular flexibility index (Phi) is 3.16. The zero-order chi connectivity index (χ0) is 8.97. The maximum absolute atomic E-state index is 11.1. The monoisotopic (exact) mass is 166 g/mol. The lowest BCUT2D eigenvalue weighted by molar-refractivity contribution is -0.146. The first-order valence-corrected chi connectivity index (χ1v) is 4.32. The average Bonchev–Trinajstić information content (AvgIpc) is 2.17. The SMILES string of the molecule is C#C[C@H]1CC[C@H](C(=O)OC)CC1. The van der Waals surface area contributed by atoms with Gasteiger partial charge in [-0.2, -0.15) is 0 Å². The Balaban J connectivity index is 2.37. The third-order valence-corrected chi connectivity index (χ3v) is 2.50. The van der Waals surface area contributed by atoms with E-state index in [1.807, 2.05) is 0 Å². The summed E-state index contributed by atoms with van der Waals surface area (Å²) in [6, 6.07) is 0. The van der Waals surface area contributed by atoms with E-state index in [4.69, 9.17) is 6.42 Å². The van der Waals surface area contributed by atoms with Crippen molar-refractivity contribution in [1.29, 1.82) is 0 Å². The number of terminal acetylenes is 1. The number of carbonyl (C=O) groups is 1. The Labute approximate surface area is 73.3 Å². The third-order valence-electron chi connectivity index (χ3n) is 2.50. The third kappa shape index (κ3) is 2.01. The van der Waals surface area contributed by atoms with Crippen molar-refractivity contribution < 1.29 is 9.53 Å². The Morgan fingerprint density at radius 3 is 2.42 bits per heavy atom. The molecule has 1 aliphatic carbocycles. The minimum atomic E-state index is -0.0783. The van der Waals surface area contributed by atoms with E-state index >= 15 is 0 Å². The smallest absolute Gasteiger partial charge is 0.308 e. The lowest BCUT2D eigenvalue weighted by Gasteiger charge is -2.23. The summed E-state index contributed by atoms with van der Waals surface area (Å²) in [6.07, 6.45) is 9.01. The first-order chi connectivity index (χ1) is 5.77. The predicted octanol–water partition coefficient (Wildman–Crippen LogP) is 1.60. The minimum absolute atomic E-state index is 0.0783. The second-order valence-electron chi connectivity index (χ2n) is 3.24. The van der Waals surface area contributed by atoms with Gasteiger partial charge in [0.05, 0.1) is 13.0 Å². The molecular formula is C10H14O2. The van der Waals surface area contributed by atoms with Gasteiger partial charge < -0.3 is 4.74 Å². The lowest BCUT2D eigenvalue weighted by Crippen LogP contribution is -2.22. The summed E-state index contributed by atoms with van der Waals surface area (Å²) in [5, 5.41) is 0. The van der Waals surface area contributed by atoms with E-state index in [0.29, 0.717) is 5.92 Å². The number of esters is 1. The van der Waals surface area contributed by atoms with Crippen LogP contribution in [0.1, 0.15) is 25.7 Å². The second-order valence-corrected chi connectivity index (χ2v) is 3.24. The summed E-state index contributed by atoms with van der Waals surface area (Å²) in [4.78, 5) is 11.1. The Morgan fingerprint density at radius 1 is 1.42 bits per heavy atom. The molecule has 0 bridgehead atoms. The van der Waals surface area contributed by atoms with Gasteiger partial charge in [-0.15, -0.1) is 12.3 Å². The maximum atomic E-state index is 11.1. The quantitative estimate of drug-likeness (QED) is 0.437. The molecule has 0 aromatic rings. The first kappa shape index (κ1) is 9.12. The molecule has 1 rings (SSSR count). The molecule has 1 aliphatic rings. The van der Waals surface area contributed by atoms with E-state index in [0.717, 1.165) is 25.7 Å². The normalized spacial score (nSPS) is 29.0. The number of carbonyl (C=O) groups excluding carboxylic acids is 1. The fraction of sp³-hybridized carbons (Fsp3) is 0.700. The van der Waals surface area contributed by atoms with E-state index in [-0.39, 0.29) is 11.9 Å². The summed E-state index contributed by atoms with van der Waals surface area (Å²) in [5.41, 5.74) is 0. The van der Waals surface area contributed by atoms with Crippen LogP contribution in [0.5, 0.6) is 0 Å². The fourth-order valence-electron chi connectivity index (χ4n) is 1.66. The molecular weight excluding hydrogens is 152 g/mol. The molecule has 0 radical (unpaired) electrons. The largest absolute Gasteiger partial charge is 0.469 e. The summed E-state index contributed by atoms with van der Waals surface area (Å²) in [5.74, 6) is 3.13. The van der Waals surface area contributed by atoms with E-state index in [9.17, 15) is 4.79 Å². The Hall–Kier alpha value is -0.970. The van der Waals surface area contributed by atoms with Crippen LogP contribution in [0.4, 0.5) is 0 Å². The Bertz CT molecular complexity index is 194. The summed E-state index contributed by atoms with van der Waals surface area (Å²) in [6.45, 7) is 0. The molecule has 0 unspecified atom stereocenters. The zero-order valence-electron chi connectivity index (χ0n) is 7.38. The van der Waals surface area contributed by atoms with Crippen molar-refractivity contribution in [1.82, 2.24) is 0 Å². The predicted molar refractivity (Wildman–Crippen MR) is 46.3 cm³/mol. The van der Waals surface area contributed by atoms with Gasteiger partial charge in [0.15, 0.2) is 0 Å². The highest BCUT2D eigenvalue weighted by Gasteiger charge is 2.25. The van der Waals surface area contributed by atoms with Crippen molar-refractivity contribution in [2.75, 3.05) is 7.11 Å². The van der Waals surface area contributed by atoms with Gasteiger partial charge in [0.1, 0.15) is 0 Å². The van der Waals surface area contributed by atoms with Gasteiger partial charge in [-0.05, 0) is 25.7 Å². The van der Waals surface area contributed by atoms with Gasteiger partial charge in [-0.25, -0.2) is 0 Å². The maximum Gasteiger partial charge on any atom is 0.308 e. The van der Waals surface area contributed by atoms with Gasteiger partial charge in [-0.3, -0.25) is 4.79 Å². The van der Waals surface area contributed by atoms with Gasteiger partial charge in [0.25, 0.3) is 0 Å². The van der Waals surface area contributed by atoms with Crippen LogP contribution in [0.3, 0.4) is 0 Å². The van der Waals surface area contributed by atoms with Crippen molar-refractivity contribution in [3.63, 3.8) is 0 Å². The fourth-order valence-corrected chi connectivity index (χ4v) is 1.66. The highest BCUT2D eigenvalue weighted by Crippen LogP contribution is 2.28. The van der Waals surface area contributed by atoms with E-state index in [1.165, 1.54) is 7.11 Å². The molecule has 0 spiro atoms. The molecule has 12 heavy (non-hydrogen) atoms. The molecule has 1 saturated carbocycles. The highest BCUT2D eigenvalue weighted by molar-refractivity contribution is 5.72. The molecule has 0 atom stereocenters. The van der Waals surface area contributed by atoms with E-state index in [1.54, 1.807) is 0 Å². The van der Waals surface area contributed by atoms with Crippen LogP contribution in [-0.4, -0.2) is 13.1 Å². The number of hydrogen-bond donors (Lipinski definition) is 0. The number of rotatable bonds is 1. The van der Waals surface area contributed by atoms with Crippen molar-refractivity contribution in [2.45, 2.75) is 25.7 Å². The van der Waals surface area contributed by atoms with E-state index < -0.39 is 0 Å². The van der Waals surface area contributed by atoms with Crippen molar-refractivity contribution in [3.8, 4) is 12.3 Å². The van der Waals surface area contributed by atoms with Crippen LogP contribution < -0.4 is 0 Å². The second kappa shape index (κ2) is 4.15. The van der Waals surface area contributed by atoms with Crippen molar-refractivity contribution in [3.05, 3.63) is 0 Å². The molecule has 0 aromatic carbocycles. The molecule has 0 aliphatic heterocycles. The molecule has 0 amide bonds.